The van der Waals surface area contributed by atoms with Crippen molar-refractivity contribution >= 4 is 31.1 Å². The number of fused-ring (bicyclic) bond motifs is 1. The maximum Gasteiger partial charge on any atom is 0.330 e. The first kappa shape index (κ1) is 30.0. The highest BCUT2D eigenvalue weighted by Gasteiger charge is 2.39. The quantitative estimate of drug-likeness (QED) is 0.202. The van der Waals surface area contributed by atoms with Crippen molar-refractivity contribution in [2.45, 2.75) is 84.5 Å². The Morgan fingerprint density at radius 2 is 1.76 bits per heavy atom. The number of unbranched alkanes of at least 4 members (excludes halogenated alkanes) is 1. The van der Waals surface area contributed by atoms with E-state index in [1.807, 2.05) is 49.4 Å². The van der Waals surface area contributed by atoms with E-state index >= 15 is 0 Å². The third-order valence-corrected chi connectivity index (χ3v) is 12.3. The molecule has 2 heterocycles. The molecule has 2 aromatic carbocycles. The van der Waals surface area contributed by atoms with Crippen molar-refractivity contribution in [3.63, 3.8) is 0 Å². The number of anilines is 1. The van der Waals surface area contributed by atoms with Gasteiger partial charge >= 0.3 is 5.69 Å². The number of benzene rings is 2. The van der Waals surface area contributed by atoms with Gasteiger partial charge in [0, 0.05) is 25.1 Å². The number of nitrogens with zero attached hydrogens (tertiary/aromatic N) is 2. The molecule has 2 aromatic heterocycles. The molecule has 0 bridgehead atoms. The summed E-state index contributed by atoms with van der Waals surface area (Å²) in [7, 11) is -2.12. The summed E-state index contributed by atoms with van der Waals surface area (Å²) in [6.45, 7) is 15.1. The molecule has 1 atom stereocenters. The van der Waals surface area contributed by atoms with Gasteiger partial charge in [-0.1, -0.05) is 64.4 Å². The largest absolute Gasteiger partial charge is 0.543 e. The highest BCUT2D eigenvalue weighted by atomic mass is 28.4. The predicted molar refractivity (Wildman–Crippen MR) is 166 cm³/mol. The molecule has 4 rings (SSSR count). The number of rotatable bonds is 10. The molecule has 3 N–H and O–H groups in total. The highest BCUT2D eigenvalue weighted by molar-refractivity contribution is 6.74. The Morgan fingerprint density at radius 1 is 1.07 bits per heavy atom. The molecule has 10 heteroatoms. The van der Waals surface area contributed by atoms with Gasteiger partial charge in [0.1, 0.15) is 17.1 Å². The number of hydrogen-bond donors (Lipinski definition) is 3. The van der Waals surface area contributed by atoms with Gasteiger partial charge in [0.05, 0.1) is 0 Å². The summed E-state index contributed by atoms with van der Waals surface area (Å²) in [5.74, 6) is 0.989. The van der Waals surface area contributed by atoms with E-state index in [2.05, 4.69) is 55.2 Å². The van der Waals surface area contributed by atoms with Gasteiger partial charge in [-0.15, -0.1) is 0 Å². The second kappa shape index (κ2) is 11.9. The zero-order valence-corrected chi connectivity index (χ0v) is 26.1. The summed E-state index contributed by atoms with van der Waals surface area (Å²) in [5, 5.41) is 2.84. The molecule has 0 fully saturated rings. The zero-order chi connectivity index (χ0) is 29.9. The van der Waals surface area contributed by atoms with E-state index in [9.17, 15) is 14.4 Å². The third kappa shape index (κ3) is 6.70. The Bertz CT molecular complexity index is 1640. The van der Waals surface area contributed by atoms with Crippen LogP contribution in [0, 0.1) is 0 Å². The van der Waals surface area contributed by atoms with E-state index in [1.54, 1.807) is 0 Å². The predicted octanol–water partition coefficient (Wildman–Crippen LogP) is 5.93. The van der Waals surface area contributed by atoms with Crippen LogP contribution >= 0.6 is 0 Å². The Labute approximate surface area is 241 Å². The van der Waals surface area contributed by atoms with Crippen LogP contribution in [-0.4, -0.2) is 33.7 Å². The number of aromatic nitrogens is 4. The molecule has 1 amide bonds. The molecular weight excluding hydrogens is 534 g/mol. The molecule has 41 heavy (non-hydrogen) atoms. The smallest absolute Gasteiger partial charge is 0.330 e. The van der Waals surface area contributed by atoms with Gasteiger partial charge in [-0.25, -0.2) is 9.78 Å². The summed E-state index contributed by atoms with van der Waals surface area (Å²) < 4.78 is 8.28. The van der Waals surface area contributed by atoms with Crippen molar-refractivity contribution < 1.29 is 9.22 Å². The SMILES string of the molecule is CCCCn1c(=O)[nH]c(=O)c2[nH]c(C(Cc3ccccc3O[Si](C)(C)C(C)(C)C)c3ccc(NC(C)=O)cc3)nc21. The Balaban J connectivity index is 1.84. The van der Waals surface area contributed by atoms with E-state index in [4.69, 9.17) is 9.41 Å². The number of hydrogen-bond acceptors (Lipinski definition) is 5. The lowest BCUT2D eigenvalue weighted by Crippen LogP contribution is -2.44. The molecule has 9 nitrogen and oxygen atoms in total. The van der Waals surface area contributed by atoms with Crippen molar-refractivity contribution in [1.82, 2.24) is 19.5 Å². The van der Waals surface area contributed by atoms with Gasteiger partial charge in [0.25, 0.3) is 5.56 Å². The molecule has 1 unspecified atom stereocenters. The first-order valence-electron chi connectivity index (χ1n) is 14.2. The average Bonchev–Trinajstić information content (AvgIpc) is 3.33. The molecule has 4 aromatic rings. The molecule has 0 aliphatic carbocycles. The molecule has 218 valence electrons. The van der Waals surface area contributed by atoms with Gasteiger partial charge in [0.15, 0.2) is 5.65 Å². The summed E-state index contributed by atoms with van der Waals surface area (Å²) in [4.78, 5) is 47.6. The standard InChI is InChI=1S/C31H41N5O4Si/c1-8-9-18-36-28-26(29(38)35-30(36)39)33-27(34-28)24(21-14-16-23(17-15-21)32-20(2)37)19-22-12-10-11-13-25(22)40-41(6,7)31(3,4)5/h10-17,24H,8-9,18-19H2,1-7H3,(H,32,37)(H,33,34)(H,35,38,39). The fourth-order valence-corrected chi connectivity index (χ4v) is 5.60. The molecule has 0 aliphatic rings. The minimum Gasteiger partial charge on any atom is -0.543 e. The lowest BCUT2D eigenvalue weighted by atomic mass is 9.90. The number of H-pyrrole nitrogens is 2. The van der Waals surface area contributed by atoms with E-state index in [0.29, 0.717) is 30.1 Å². The first-order valence-corrected chi connectivity index (χ1v) is 17.1. The maximum absolute atomic E-state index is 12.8. The summed E-state index contributed by atoms with van der Waals surface area (Å²) in [6, 6.07) is 15.7. The lowest BCUT2D eigenvalue weighted by molar-refractivity contribution is -0.114. The van der Waals surface area contributed by atoms with E-state index in [1.165, 1.54) is 11.5 Å². The average molecular weight is 576 g/mol. The number of carbonyl (C=O) groups is 1. The summed E-state index contributed by atoms with van der Waals surface area (Å²) in [6.07, 6.45) is 2.23. The van der Waals surface area contributed by atoms with Crippen molar-refractivity contribution in [1.29, 1.82) is 0 Å². The van der Waals surface area contributed by atoms with Crippen LogP contribution in [0.2, 0.25) is 18.1 Å². The molecular formula is C31H41N5O4Si. The summed E-state index contributed by atoms with van der Waals surface area (Å²) in [5.41, 5.74) is 2.34. The Morgan fingerprint density at radius 3 is 2.39 bits per heavy atom. The van der Waals surface area contributed by atoms with Crippen LogP contribution in [0.1, 0.15) is 70.3 Å². The van der Waals surface area contributed by atoms with Crippen molar-refractivity contribution in [3.05, 3.63) is 86.3 Å². The number of imidazole rings is 1. The second-order valence-corrected chi connectivity index (χ2v) is 16.8. The molecule has 0 radical (unpaired) electrons. The van der Waals surface area contributed by atoms with Crippen molar-refractivity contribution in [3.8, 4) is 5.75 Å². The molecule has 0 saturated heterocycles. The monoisotopic (exact) mass is 575 g/mol. The topological polar surface area (TPSA) is 122 Å². The van der Waals surface area contributed by atoms with Gasteiger partial charge in [0.2, 0.25) is 14.2 Å². The lowest BCUT2D eigenvalue weighted by Gasteiger charge is -2.37. The van der Waals surface area contributed by atoms with Gasteiger partial charge in [-0.2, -0.15) is 0 Å². The van der Waals surface area contributed by atoms with Gasteiger partial charge in [-0.3, -0.25) is 19.1 Å². The third-order valence-electron chi connectivity index (χ3n) is 7.92. The zero-order valence-electron chi connectivity index (χ0n) is 25.1. The number of aryl methyl sites for hydroxylation is 1. The fraction of sp³-hybridized carbons (Fsp3) is 0.419. The number of nitrogens with one attached hydrogen (secondary N) is 3. The van der Waals surface area contributed by atoms with Gasteiger partial charge < -0.3 is 14.7 Å². The first-order chi connectivity index (χ1) is 19.3. The Hall–Kier alpha value is -3.92. The fourth-order valence-electron chi connectivity index (χ4n) is 4.54. The summed E-state index contributed by atoms with van der Waals surface area (Å²) >= 11 is 0. The van der Waals surface area contributed by atoms with Crippen LogP contribution in [-0.2, 0) is 17.8 Å². The molecule has 0 aliphatic heterocycles. The number of aromatic amines is 2. The van der Waals surface area contributed by atoms with Crippen LogP contribution in [0.15, 0.2) is 58.1 Å². The minimum atomic E-state index is -2.12. The van der Waals surface area contributed by atoms with Crippen LogP contribution in [0.4, 0.5) is 5.69 Å². The number of para-hydroxylation sites is 1. The van der Waals surface area contributed by atoms with Crippen LogP contribution < -0.4 is 21.0 Å². The number of carbonyl (C=O) groups excluding carboxylic acids is 1. The Kier molecular flexibility index (Phi) is 8.72. The van der Waals surface area contributed by atoms with Crippen LogP contribution in [0.5, 0.6) is 5.75 Å². The maximum atomic E-state index is 12.8. The molecule has 0 spiro atoms. The number of amides is 1. The van der Waals surface area contributed by atoms with Gasteiger partial charge in [-0.05, 0) is 60.3 Å². The van der Waals surface area contributed by atoms with E-state index in [-0.39, 0.29) is 22.4 Å². The molecule has 0 saturated carbocycles. The minimum absolute atomic E-state index is 0.0287. The normalized spacial score (nSPS) is 12.9. The highest BCUT2D eigenvalue weighted by Crippen LogP contribution is 2.39. The second-order valence-electron chi connectivity index (χ2n) is 12.1. The van der Waals surface area contributed by atoms with E-state index < -0.39 is 19.6 Å². The van der Waals surface area contributed by atoms with E-state index in [0.717, 1.165) is 29.7 Å². The van der Waals surface area contributed by atoms with Crippen LogP contribution in [0.3, 0.4) is 0 Å². The van der Waals surface area contributed by atoms with Crippen LogP contribution in [0.25, 0.3) is 11.2 Å². The van der Waals surface area contributed by atoms with Crippen molar-refractivity contribution in [2.75, 3.05) is 5.32 Å². The van der Waals surface area contributed by atoms with Crippen molar-refractivity contribution in [2.24, 2.45) is 0 Å².